The summed E-state index contributed by atoms with van der Waals surface area (Å²) in [5.41, 5.74) is 1.00. The molecule has 1 saturated heterocycles. The minimum absolute atomic E-state index is 0.352. The lowest BCUT2D eigenvalue weighted by atomic mass is 9.87. The van der Waals surface area contributed by atoms with Gasteiger partial charge in [-0.1, -0.05) is 37.3 Å². The van der Waals surface area contributed by atoms with Gasteiger partial charge in [0.15, 0.2) is 0 Å². The summed E-state index contributed by atoms with van der Waals surface area (Å²) in [6.07, 6.45) is 2.32. The summed E-state index contributed by atoms with van der Waals surface area (Å²) in [5, 5.41) is 8.71. The van der Waals surface area contributed by atoms with Crippen LogP contribution in [-0.4, -0.2) is 47.1 Å². The van der Waals surface area contributed by atoms with E-state index in [9.17, 15) is 14.4 Å². The van der Waals surface area contributed by atoms with Crippen molar-refractivity contribution in [2.45, 2.75) is 31.3 Å². The largest absolute Gasteiger partial charge is 0.497 e. The molecule has 0 spiro atoms. The van der Waals surface area contributed by atoms with E-state index in [1.807, 2.05) is 49.4 Å². The number of hydrogen-bond donors (Lipinski definition) is 1. The molecule has 2 aromatic carbocycles. The Morgan fingerprint density at radius 1 is 1.11 bits per heavy atom. The number of urea groups is 1. The minimum Gasteiger partial charge on any atom is -0.497 e. The molecule has 0 radical (unpaired) electrons. The summed E-state index contributed by atoms with van der Waals surface area (Å²) in [6, 6.07) is 18.9. The van der Waals surface area contributed by atoms with Crippen LogP contribution in [-0.2, 0) is 15.1 Å². The molecule has 9 heteroatoms. The Balaban J connectivity index is 1.42. The molecule has 4 amide bonds. The fourth-order valence-electron chi connectivity index (χ4n) is 4.74. The van der Waals surface area contributed by atoms with Crippen LogP contribution >= 0.6 is 0 Å². The summed E-state index contributed by atoms with van der Waals surface area (Å²) in [6.45, 7) is 1.39. The highest BCUT2D eigenvalue weighted by Crippen LogP contribution is 2.35. The van der Waals surface area contributed by atoms with Gasteiger partial charge in [0.2, 0.25) is 0 Å². The molecular formula is C27H26N4O5. The predicted octanol–water partition coefficient (Wildman–Crippen LogP) is 3.82. The van der Waals surface area contributed by atoms with E-state index in [0.717, 1.165) is 10.5 Å². The second-order valence-corrected chi connectivity index (χ2v) is 8.70. The Kier molecular flexibility index (Phi) is 6.05. The summed E-state index contributed by atoms with van der Waals surface area (Å²) in [7, 11) is 1.59. The number of imide groups is 1. The molecule has 2 atom stereocenters. The molecule has 184 valence electrons. The molecule has 3 heterocycles. The maximum atomic E-state index is 13.5. The van der Waals surface area contributed by atoms with E-state index < -0.39 is 36.0 Å². The zero-order chi connectivity index (χ0) is 25.3. The van der Waals surface area contributed by atoms with Gasteiger partial charge in [0.25, 0.3) is 11.8 Å². The second-order valence-electron chi connectivity index (χ2n) is 8.70. The van der Waals surface area contributed by atoms with Crippen LogP contribution in [0.3, 0.4) is 0 Å². The molecule has 0 aliphatic carbocycles. The summed E-state index contributed by atoms with van der Waals surface area (Å²) < 4.78 is 10.8. The van der Waals surface area contributed by atoms with Crippen molar-refractivity contribution in [3.8, 4) is 5.75 Å². The lowest BCUT2D eigenvalue weighted by molar-refractivity contribution is -0.140. The van der Waals surface area contributed by atoms with Crippen molar-refractivity contribution in [1.82, 2.24) is 15.2 Å². The van der Waals surface area contributed by atoms with Crippen LogP contribution in [0.25, 0.3) is 0 Å². The van der Waals surface area contributed by atoms with E-state index >= 15 is 0 Å². The average Bonchev–Trinajstić information content (AvgIpc) is 3.65. The van der Waals surface area contributed by atoms with Gasteiger partial charge in [-0.2, -0.15) is 5.10 Å². The molecule has 2 aliphatic rings. The number of nitrogens with zero attached hydrogens (tertiary/aromatic N) is 3. The van der Waals surface area contributed by atoms with E-state index in [-0.39, 0.29) is 0 Å². The number of hydrazone groups is 1. The fraction of sp³-hybridized carbons (Fsp3) is 0.259. The molecule has 0 bridgehead atoms. The maximum absolute atomic E-state index is 13.5. The van der Waals surface area contributed by atoms with Crippen LogP contribution in [0.15, 0.2) is 82.5 Å². The molecule has 0 saturated carbocycles. The normalized spacial score (nSPS) is 21.5. The molecule has 1 N–H and O–H groups in total. The van der Waals surface area contributed by atoms with Gasteiger partial charge in [-0.3, -0.25) is 14.5 Å². The lowest BCUT2D eigenvalue weighted by Crippen LogP contribution is -2.45. The Bertz CT molecular complexity index is 1300. The molecule has 5 rings (SSSR count). The van der Waals surface area contributed by atoms with E-state index in [4.69, 9.17) is 9.15 Å². The number of furan rings is 1. The van der Waals surface area contributed by atoms with Crippen LogP contribution in [0.1, 0.15) is 42.7 Å². The third-order valence-electron chi connectivity index (χ3n) is 6.73. The summed E-state index contributed by atoms with van der Waals surface area (Å²) in [5.74, 6) is 0.343. The SMILES string of the molecule is CCC1(c2ccccc2)NC(=O)N(CC(=O)N2N=C(c3ccc(OC)cc3)CC2c2ccco2)C1=O. The molecule has 1 fully saturated rings. The van der Waals surface area contributed by atoms with E-state index in [0.29, 0.717) is 35.6 Å². The van der Waals surface area contributed by atoms with E-state index in [2.05, 4.69) is 10.4 Å². The Morgan fingerprint density at radius 3 is 2.50 bits per heavy atom. The first kappa shape index (κ1) is 23.3. The highest BCUT2D eigenvalue weighted by atomic mass is 16.5. The van der Waals surface area contributed by atoms with Gasteiger partial charge in [-0.25, -0.2) is 9.80 Å². The van der Waals surface area contributed by atoms with Crippen LogP contribution in [0.5, 0.6) is 5.75 Å². The minimum atomic E-state index is -1.21. The standard InChI is InChI=1S/C27H26N4O5/c1-3-27(19-8-5-4-6-9-19)25(33)30(26(34)28-27)17-24(32)31-22(23-10-7-15-36-23)16-21(29-31)18-11-13-20(35-2)14-12-18/h4-15,22H,3,16-17H2,1-2H3,(H,28,34). The topological polar surface area (TPSA) is 104 Å². The maximum Gasteiger partial charge on any atom is 0.325 e. The van der Waals surface area contributed by atoms with Crippen LogP contribution in [0.4, 0.5) is 4.79 Å². The fourth-order valence-corrected chi connectivity index (χ4v) is 4.74. The van der Waals surface area contributed by atoms with Gasteiger partial charge in [0, 0.05) is 6.42 Å². The molecular weight excluding hydrogens is 460 g/mol. The molecule has 36 heavy (non-hydrogen) atoms. The lowest BCUT2D eigenvalue weighted by Gasteiger charge is -2.26. The Labute approximate surface area is 208 Å². The molecule has 2 aliphatic heterocycles. The molecule has 9 nitrogen and oxygen atoms in total. The molecule has 1 aromatic heterocycles. The zero-order valence-electron chi connectivity index (χ0n) is 20.0. The average molecular weight is 487 g/mol. The third-order valence-corrected chi connectivity index (χ3v) is 6.73. The van der Waals surface area contributed by atoms with Crippen LogP contribution in [0, 0.1) is 0 Å². The summed E-state index contributed by atoms with van der Waals surface area (Å²) >= 11 is 0. The number of benzene rings is 2. The Morgan fingerprint density at radius 2 is 1.86 bits per heavy atom. The quantitative estimate of drug-likeness (QED) is 0.511. The van der Waals surface area contributed by atoms with Crippen LogP contribution in [0.2, 0.25) is 0 Å². The summed E-state index contributed by atoms with van der Waals surface area (Å²) in [4.78, 5) is 40.8. The van der Waals surface area contributed by atoms with Crippen molar-refractivity contribution in [2.75, 3.05) is 13.7 Å². The van der Waals surface area contributed by atoms with Crippen molar-refractivity contribution < 1.29 is 23.5 Å². The number of rotatable bonds is 7. The van der Waals surface area contributed by atoms with Crippen LogP contribution < -0.4 is 10.1 Å². The first-order valence-corrected chi connectivity index (χ1v) is 11.7. The van der Waals surface area contributed by atoms with Gasteiger partial charge in [-0.05, 0) is 53.9 Å². The number of nitrogens with one attached hydrogen (secondary N) is 1. The monoisotopic (exact) mass is 486 g/mol. The van der Waals surface area contributed by atoms with Gasteiger partial charge in [-0.15, -0.1) is 0 Å². The van der Waals surface area contributed by atoms with E-state index in [1.165, 1.54) is 11.3 Å². The Hall–Kier alpha value is -4.40. The predicted molar refractivity (Wildman–Crippen MR) is 131 cm³/mol. The first-order chi connectivity index (χ1) is 17.5. The molecule has 2 unspecified atom stereocenters. The highest BCUT2D eigenvalue weighted by Gasteiger charge is 2.52. The molecule has 3 aromatic rings. The number of carbonyl (C=O) groups excluding carboxylic acids is 3. The first-order valence-electron chi connectivity index (χ1n) is 11.7. The smallest absolute Gasteiger partial charge is 0.325 e. The van der Waals surface area contributed by atoms with Crippen molar-refractivity contribution in [3.05, 3.63) is 89.9 Å². The highest BCUT2D eigenvalue weighted by molar-refractivity contribution is 6.10. The van der Waals surface area contributed by atoms with Gasteiger partial charge < -0.3 is 14.5 Å². The second kappa shape index (κ2) is 9.33. The third kappa shape index (κ3) is 3.92. The number of carbonyl (C=O) groups is 3. The number of methoxy groups -OCH3 is 1. The zero-order valence-corrected chi connectivity index (χ0v) is 20.0. The van der Waals surface area contributed by atoms with Gasteiger partial charge in [0.05, 0.1) is 19.1 Å². The van der Waals surface area contributed by atoms with Crippen molar-refractivity contribution in [1.29, 1.82) is 0 Å². The van der Waals surface area contributed by atoms with Crippen molar-refractivity contribution in [3.63, 3.8) is 0 Å². The number of hydrogen-bond acceptors (Lipinski definition) is 6. The number of ether oxygens (including phenoxy) is 1. The van der Waals surface area contributed by atoms with Crippen molar-refractivity contribution in [2.24, 2.45) is 5.10 Å². The van der Waals surface area contributed by atoms with Gasteiger partial charge >= 0.3 is 6.03 Å². The van der Waals surface area contributed by atoms with Gasteiger partial charge in [0.1, 0.15) is 29.6 Å². The van der Waals surface area contributed by atoms with Crippen molar-refractivity contribution >= 4 is 23.6 Å². The number of amides is 4. The van der Waals surface area contributed by atoms with E-state index in [1.54, 1.807) is 31.4 Å².